The van der Waals surface area contributed by atoms with E-state index in [2.05, 4.69) is 5.32 Å². The maximum Gasteiger partial charge on any atom is 0.258 e. The first-order valence-corrected chi connectivity index (χ1v) is 12.6. The van der Waals surface area contributed by atoms with E-state index in [0.29, 0.717) is 25.3 Å². The number of ether oxygens (including phenoxy) is 2. The Hall–Kier alpha value is -3.07. The van der Waals surface area contributed by atoms with Crippen molar-refractivity contribution in [2.45, 2.75) is 24.4 Å². The number of rotatable bonds is 8. The predicted molar refractivity (Wildman–Crippen MR) is 130 cm³/mol. The molecule has 3 aromatic carbocycles. The molecule has 0 spiro atoms. The van der Waals surface area contributed by atoms with Crippen LogP contribution in [0.15, 0.2) is 71.6 Å². The number of sulfonamides is 1. The van der Waals surface area contributed by atoms with Gasteiger partial charge in [-0.2, -0.15) is 4.31 Å². The van der Waals surface area contributed by atoms with Crippen molar-refractivity contribution in [2.24, 2.45) is 0 Å². The number of carbonyl (C=O) groups excluding carboxylic acids is 1. The van der Waals surface area contributed by atoms with Crippen molar-refractivity contribution < 1.29 is 22.7 Å². The zero-order valence-electron chi connectivity index (χ0n) is 18.7. The summed E-state index contributed by atoms with van der Waals surface area (Å²) in [6, 6.07) is 19.5. The number of nitrogens with zero attached hydrogens (tertiary/aromatic N) is 1. The fourth-order valence-electron chi connectivity index (χ4n) is 3.82. The summed E-state index contributed by atoms with van der Waals surface area (Å²) in [7, 11) is -2.15. The van der Waals surface area contributed by atoms with Gasteiger partial charge in [0.05, 0.1) is 17.0 Å². The Kier molecular flexibility index (Phi) is 7.41. The third kappa shape index (κ3) is 5.35. The standard InChI is InChI=1S/C25H25ClN2O5S/c1-32-23-9-5-4-7-19(23)15-27-25(29)17-33-24-11-10-21(14-22(24)26)34(30,31)28-13-12-18-6-2-3-8-20(18)16-28/h2-11,14H,12-13,15-17H2,1H3,(H,27,29). The van der Waals surface area contributed by atoms with Crippen LogP contribution in [-0.4, -0.2) is 38.9 Å². The minimum atomic E-state index is -3.72. The molecule has 9 heteroatoms. The van der Waals surface area contributed by atoms with Gasteiger partial charge in [-0.05, 0) is 41.8 Å². The summed E-state index contributed by atoms with van der Waals surface area (Å²) in [5.74, 6) is 0.573. The minimum absolute atomic E-state index is 0.0878. The van der Waals surface area contributed by atoms with E-state index >= 15 is 0 Å². The first-order valence-electron chi connectivity index (χ1n) is 10.8. The molecular formula is C25H25ClN2O5S. The highest BCUT2D eigenvalue weighted by atomic mass is 35.5. The molecule has 0 fully saturated rings. The Morgan fingerprint density at radius 1 is 1.03 bits per heavy atom. The zero-order chi connectivity index (χ0) is 24.1. The van der Waals surface area contributed by atoms with Crippen LogP contribution in [-0.2, 0) is 34.3 Å². The molecule has 1 heterocycles. The van der Waals surface area contributed by atoms with Crippen LogP contribution in [0.25, 0.3) is 0 Å². The van der Waals surface area contributed by atoms with E-state index in [1.165, 1.54) is 28.1 Å². The van der Waals surface area contributed by atoms with Gasteiger partial charge in [-0.15, -0.1) is 0 Å². The predicted octanol–water partition coefficient (Wildman–Crippen LogP) is 3.79. The first kappa shape index (κ1) is 24.1. The number of methoxy groups -OCH3 is 1. The van der Waals surface area contributed by atoms with Crippen molar-refractivity contribution in [3.63, 3.8) is 0 Å². The highest BCUT2D eigenvalue weighted by Gasteiger charge is 2.28. The van der Waals surface area contributed by atoms with Crippen molar-refractivity contribution in [2.75, 3.05) is 20.3 Å². The summed E-state index contributed by atoms with van der Waals surface area (Å²) in [6.07, 6.45) is 0.661. The summed E-state index contributed by atoms with van der Waals surface area (Å²) in [5, 5.41) is 2.88. The van der Waals surface area contributed by atoms with Crippen molar-refractivity contribution in [1.29, 1.82) is 0 Å². The number of hydrogen-bond acceptors (Lipinski definition) is 5. The van der Waals surface area contributed by atoms with Crippen LogP contribution in [0.5, 0.6) is 11.5 Å². The summed E-state index contributed by atoms with van der Waals surface area (Å²) in [4.78, 5) is 12.3. The maximum absolute atomic E-state index is 13.2. The van der Waals surface area contributed by atoms with Crippen LogP contribution in [0.2, 0.25) is 5.02 Å². The van der Waals surface area contributed by atoms with E-state index in [1.807, 2.05) is 48.5 Å². The number of amides is 1. The van der Waals surface area contributed by atoms with E-state index in [9.17, 15) is 13.2 Å². The summed E-state index contributed by atoms with van der Waals surface area (Å²) < 4.78 is 38.5. The quantitative estimate of drug-likeness (QED) is 0.508. The van der Waals surface area contributed by atoms with Gasteiger partial charge in [-0.1, -0.05) is 54.1 Å². The monoisotopic (exact) mass is 500 g/mol. The molecule has 0 aliphatic carbocycles. The van der Waals surface area contributed by atoms with E-state index in [1.54, 1.807) is 7.11 Å². The van der Waals surface area contributed by atoms with E-state index < -0.39 is 10.0 Å². The number of carbonyl (C=O) groups is 1. The number of para-hydroxylation sites is 1. The lowest BCUT2D eigenvalue weighted by Gasteiger charge is -2.28. The fraction of sp³-hybridized carbons (Fsp3) is 0.240. The highest BCUT2D eigenvalue weighted by molar-refractivity contribution is 7.89. The van der Waals surface area contributed by atoms with Crippen LogP contribution in [0.4, 0.5) is 0 Å². The lowest BCUT2D eigenvalue weighted by molar-refractivity contribution is -0.123. The molecule has 4 rings (SSSR count). The minimum Gasteiger partial charge on any atom is -0.496 e. The SMILES string of the molecule is COc1ccccc1CNC(=O)COc1ccc(S(=O)(=O)N2CCc3ccccc3C2)cc1Cl. The van der Waals surface area contributed by atoms with Crippen molar-refractivity contribution in [3.05, 3.63) is 88.4 Å². The molecule has 1 aliphatic rings. The highest BCUT2D eigenvalue weighted by Crippen LogP contribution is 2.31. The molecular weight excluding hydrogens is 476 g/mol. The van der Waals surface area contributed by atoms with Crippen LogP contribution in [0.3, 0.4) is 0 Å². The lowest BCUT2D eigenvalue weighted by atomic mass is 10.0. The molecule has 0 saturated heterocycles. The Bertz CT molecular complexity index is 1300. The summed E-state index contributed by atoms with van der Waals surface area (Å²) >= 11 is 6.30. The molecule has 0 atom stereocenters. The molecule has 0 radical (unpaired) electrons. The van der Waals surface area contributed by atoms with Gasteiger partial charge in [0.1, 0.15) is 11.5 Å². The second-order valence-corrected chi connectivity index (χ2v) is 10.2. The van der Waals surface area contributed by atoms with Gasteiger partial charge in [-0.3, -0.25) is 4.79 Å². The third-order valence-corrected chi connectivity index (χ3v) is 7.80. The van der Waals surface area contributed by atoms with Crippen LogP contribution in [0, 0.1) is 0 Å². The average molecular weight is 501 g/mol. The van der Waals surface area contributed by atoms with Crippen LogP contribution in [0.1, 0.15) is 16.7 Å². The van der Waals surface area contributed by atoms with E-state index in [0.717, 1.165) is 11.1 Å². The van der Waals surface area contributed by atoms with Gasteiger partial charge in [0.2, 0.25) is 10.0 Å². The largest absolute Gasteiger partial charge is 0.496 e. The molecule has 178 valence electrons. The third-order valence-electron chi connectivity index (χ3n) is 5.66. The number of hydrogen-bond donors (Lipinski definition) is 1. The summed E-state index contributed by atoms with van der Waals surface area (Å²) in [5.41, 5.74) is 3.01. The van der Waals surface area contributed by atoms with Crippen molar-refractivity contribution in [1.82, 2.24) is 9.62 Å². The Balaban J connectivity index is 1.37. The second-order valence-electron chi connectivity index (χ2n) is 7.83. The van der Waals surface area contributed by atoms with Gasteiger partial charge in [0.25, 0.3) is 5.91 Å². The molecule has 1 amide bonds. The topological polar surface area (TPSA) is 84.9 Å². The smallest absolute Gasteiger partial charge is 0.258 e. The summed E-state index contributed by atoms with van der Waals surface area (Å²) in [6.45, 7) is 0.752. The number of nitrogens with one attached hydrogen (secondary N) is 1. The lowest BCUT2D eigenvalue weighted by Crippen LogP contribution is -2.35. The normalized spacial score (nSPS) is 13.7. The number of benzene rings is 3. The van der Waals surface area contributed by atoms with Gasteiger partial charge < -0.3 is 14.8 Å². The maximum atomic E-state index is 13.2. The average Bonchev–Trinajstić information content (AvgIpc) is 2.86. The Labute approximate surface area is 204 Å². The molecule has 0 unspecified atom stereocenters. The van der Waals surface area contributed by atoms with Gasteiger partial charge in [0.15, 0.2) is 6.61 Å². The Morgan fingerprint density at radius 3 is 2.53 bits per heavy atom. The molecule has 3 aromatic rings. The fourth-order valence-corrected chi connectivity index (χ4v) is 5.57. The van der Waals surface area contributed by atoms with Gasteiger partial charge in [-0.25, -0.2) is 8.42 Å². The molecule has 1 N–H and O–H groups in total. The zero-order valence-corrected chi connectivity index (χ0v) is 20.2. The second kappa shape index (κ2) is 10.5. The van der Waals surface area contributed by atoms with Gasteiger partial charge >= 0.3 is 0 Å². The number of fused-ring (bicyclic) bond motifs is 1. The van der Waals surface area contributed by atoms with Crippen LogP contribution < -0.4 is 14.8 Å². The molecule has 34 heavy (non-hydrogen) atoms. The number of halogens is 1. The Morgan fingerprint density at radius 2 is 1.76 bits per heavy atom. The van der Waals surface area contributed by atoms with Crippen molar-refractivity contribution >= 4 is 27.5 Å². The molecule has 0 bridgehead atoms. The van der Waals surface area contributed by atoms with Crippen molar-refractivity contribution in [3.8, 4) is 11.5 Å². The molecule has 0 aromatic heterocycles. The molecule has 7 nitrogen and oxygen atoms in total. The van der Waals surface area contributed by atoms with Crippen LogP contribution >= 0.6 is 11.6 Å². The van der Waals surface area contributed by atoms with E-state index in [4.69, 9.17) is 21.1 Å². The van der Waals surface area contributed by atoms with E-state index in [-0.39, 0.29) is 34.7 Å². The molecule has 0 saturated carbocycles. The first-order chi connectivity index (χ1) is 16.4. The van der Waals surface area contributed by atoms with Gasteiger partial charge in [0, 0.05) is 25.2 Å². The molecule has 1 aliphatic heterocycles.